The molecule has 2 aromatic rings. The molecule has 1 saturated heterocycles. The Labute approximate surface area is 158 Å². The SMILES string of the molecule is CC(C)CN1CCOC(CNC(=O)c2ccc(Cn3ccccc3=O)o2)C1. The minimum atomic E-state index is -0.272. The lowest BCUT2D eigenvalue weighted by molar-refractivity contribution is -0.0296. The predicted molar refractivity (Wildman–Crippen MR) is 102 cm³/mol. The van der Waals surface area contributed by atoms with Gasteiger partial charge in [0.1, 0.15) is 5.76 Å². The summed E-state index contributed by atoms with van der Waals surface area (Å²) in [6, 6.07) is 8.31. The van der Waals surface area contributed by atoms with Crippen LogP contribution in [0.15, 0.2) is 45.7 Å². The van der Waals surface area contributed by atoms with Crippen LogP contribution in [-0.2, 0) is 11.3 Å². The summed E-state index contributed by atoms with van der Waals surface area (Å²) >= 11 is 0. The first kappa shape index (κ1) is 19.4. The van der Waals surface area contributed by atoms with Crippen LogP contribution in [0.5, 0.6) is 0 Å². The molecule has 1 N–H and O–H groups in total. The van der Waals surface area contributed by atoms with E-state index in [0.717, 1.165) is 19.6 Å². The zero-order chi connectivity index (χ0) is 19.2. The van der Waals surface area contributed by atoms with Gasteiger partial charge < -0.3 is 19.0 Å². The molecule has 1 fully saturated rings. The third-order valence-corrected chi connectivity index (χ3v) is 4.45. The Morgan fingerprint density at radius 1 is 1.30 bits per heavy atom. The number of ether oxygens (including phenoxy) is 1. The van der Waals surface area contributed by atoms with Crippen LogP contribution in [0.4, 0.5) is 0 Å². The molecule has 7 heteroatoms. The first-order chi connectivity index (χ1) is 13.0. The van der Waals surface area contributed by atoms with E-state index in [1.165, 1.54) is 10.6 Å². The summed E-state index contributed by atoms with van der Waals surface area (Å²) in [5.74, 6) is 1.14. The van der Waals surface area contributed by atoms with Crippen molar-refractivity contribution < 1.29 is 13.9 Å². The van der Waals surface area contributed by atoms with Gasteiger partial charge in [0, 0.05) is 38.4 Å². The van der Waals surface area contributed by atoms with Gasteiger partial charge in [0.15, 0.2) is 5.76 Å². The van der Waals surface area contributed by atoms with Crippen LogP contribution in [0.3, 0.4) is 0 Å². The Morgan fingerprint density at radius 3 is 2.93 bits per heavy atom. The maximum atomic E-state index is 12.3. The molecule has 1 aliphatic rings. The molecule has 27 heavy (non-hydrogen) atoms. The van der Waals surface area contributed by atoms with Crippen LogP contribution in [0, 0.1) is 5.92 Å². The van der Waals surface area contributed by atoms with Gasteiger partial charge in [-0.3, -0.25) is 14.5 Å². The number of furan rings is 1. The third-order valence-electron chi connectivity index (χ3n) is 4.45. The van der Waals surface area contributed by atoms with Crippen molar-refractivity contribution in [3.05, 3.63) is 58.4 Å². The average Bonchev–Trinajstić information content (AvgIpc) is 3.10. The van der Waals surface area contributed by atoms with Crippen LogP contribution in [0.2, 0.25) is 0 Å². The average molecular weight is 373 g/mol. The number of nitrogens with zero attached hydrogens (tertiary/aromatic N) is 2. The summed E-state index contributed by atoms with van der Waals surface area (Å²) in [7, 11) is 0. The van der Waals surface area contributed by atoms with Gasteiger partial charge in [-0.2, -0.15) is 0 Å². The quantitative estimate of drug-likeness (QED) is 0.797. The Kier molecular flexibility index (Phi) is 6.47. The maximum absolute atomic E-state index is 12.3. The fourth-order valence-electron chi connectivity index (χ4n) is 3.22. The number of carbonyl (C=O) groups excluding carboxylic acids is 1. The molecule has 1 unspecified atom stereocenters. The van der Waals surface area contributed by atoms with E-state index in [1.54, 1.807) is 30.5 Å². The van der Waals surface area contributed by atoms with Crippen molar-refractivity contribution in [2.45, 2.75) is 26.5 Å². The number of nitrogens with one attached hydrogen (secondary N) is 1. The van der Waals surface area contributed by atoms with Crippen molar-refractivity contribution >= 4 is 5.91 Å². The van der Waals surface area contributed by atoms with Crippen LogP contribution < -0.4 is 10.9 Å². The first-order valence-electron chi connectivity index (χ1n) is 9.37. The first-order valence-corrected chi connectivity index (χ1v) is 9.37. The van der Waals surface area contributed by atoms with Crippen molar-refractivity contribution in [2.75, 3.05) is 32.8 Å². The van der Waals surface area contributed by atoms with Crippen LogP contribution in [0.25, 0.3) is 0 Å². The van der Waals surface area contributed by atoms with Gasteiger partial charge in [0.2, 0.25) is 0 Å². The molecule has 2 aromatic heterocycles. The Balaban J connectivity index is 1.51. The summed E-state index contributed by atoms with van der Waals surface area (Å²) in [5.41, 5.74) is -0.111. The van der Waals surface area contributed by atoms with Crippen molar-refractivity contribution in [2.24, 2.45) is 5.92 Å². The van der Waals surface area contributed by atoms with Gasteiger partial charge >= 0.3 is 0 Å². The standard InChI is InChI=1S/C20H27N3O4/c1-15(2)12-22-9-10-26-17(13-22)11-21-20(25)18-7-6-16(27-18)14-23-8-4-3-5-19(23)24/h3-8,15,17H,9-14H2,1-2H3,(H,21,25). The minimum Gasteiger partial charge on any atom is -0.454 e. The van der Waals surface area contributed by atoms with Crippen LogP contribution in [-0.4, -0.2) is 54.3 Å². The van der Waals surface area contributed by atoms with E-state index in [0.29, 0.717) is 31.4 Å². The van der Waals surface area contributed by atoms with E-state index >= 15 is 0 Å². The number of pyridine rings is 1. The number of rotatable bonds is 7. The molecule has 146 valence electrons. The lowest BCUT2D eigenvalue weighted by Gasteiger charge is -2.33. The summed E-state index contributed by atoms with van der Waals surface area (Å²) in [6.45, 7) is 8.61. The highest BCUT2D eigenvalue weighted by Gasteiger charge is 2.22. The molecule has 0 aliphatic carbocycles. The summed E-state index contributed by atoms with van der Waals surface area (Å²) in [4.78, 5) is 26.5. The molecular weight excluding hydrogens is 346 g/mol. The van der Waals surface area contributed by atoms with Gasteiger partial charge in [0.05, 0.1) is 19.3 Å². The van der Waals surface area contributed by atoms with Crippen LogP contribution in [0.1, 0.15) is 30.2 Å². The van der Waals surface area contributed by atoms with E-state index in [1.807, 2.05) is 0 Å². The zero-order valence-corrected chi connectivity index (χ0v) is 15.9. The molecule has 3 rings (SSSR count). The normalized spacial score (nSPS) is 18.0. The van der Waals surface area contributed by atoms with Gasteiger partial charge in [-0.05, 0) is 24.1 Å². The molecule has 0 bridgehead atoms. The number of aromatic nitrogens is 1. The lowest BCUT2D eigenvalue weighted by atomic mass is 10.2. The van der Waals surface area contributed by atoms with E-state index < -0.39 is 0 Å². The second kappa shape index (κ2) is 9.01. The number of hydrogen-bond donors (Lipinski definition) is 1. The van der Waals surface area contributed by atoms with E-state index in [9.17, 15) is 9.59 Å². The highest BCUT2D eigenvalue weighted by Crippen LogP contribution is 2.10. The summed E-state index contributed by atoms with van der Waals surface area (Å²) < 4.78 is 12.9. The molecule has 1 atom stereocenters. The maximum Gasteiger partial charge on any atom is 0.287 e. The van der Waals surface area contributed by atoms with Crippen molar-refractivity contribution in [3.8, 4) is 0 Å². The number of amides is 1. The van der Waals surface area contributed by atoms with Crippen molar-refractivity contribution in [3.63, 3.8) is 0 Å². The molecule has 0 spiro atoms. The van der Waals surface area contributed by atoms with E-state index in [2.05, 4.69) is 24.1 Å². The van der Waals surface area contributed by atoms with Crippen molar-refractivity contribution in [1.29, 1.82) is 0 Å². The molecule has 3 heterocycles. The Bertz CT molecular complexity index is 811. The molecule has 7 nitrogen and oxygen atoms in total. The van der Waals surface area contributed by atoms with Gasteiger partial charge in [-0.15, -0.1) is 0 Å². The molecule has 0 saturated carbocycles. The van der Waals surface area contributed by atoms with E-state index in [-0.39, 0.29) is 23.3 Å². The number of hydrogen-bond acceptors (Lipinski definition) is 5. The second-order valence-corrected chi connectivity index (χ2v) is 7.29. The summed E-state index contributed by atoms with van der Waals surface area (Å²) in [5, 5.41) is 2.88. The highest BCUT2D eigenvalue weighted by molar-refractivity contribution is 5.91. The molecule has 0 radical (unpaired) electrons. The molecule has 1 amide bonds. The van der Waals surface area contributed by atoms with Gasteiger partial charge in [-0.25, -0.2) is 0 Å². The molecular formula is C20H27N3O4. The fraction of sp³-hybridized carbons (Fsp3) is 0.500. The molecule has 1 aliphatic heterocycles. The van der Waals surface area contributed by atoms with Gasteiger partial charge in [-0.1, -0.05) is 19.9 Å². The fourth-order valence-corrected chi connectivity index (χ4v) is 3.22. The molecule has 0 aromatic carbocycles. The Morgan fingerprint density at radius 2 is 2.15 bits per heavy atom. The zero-order valence-electron chi connectivity index (χ0n) is 15.9. The van der Waals surface area contributed by atoms with E-state index in [4.69, 9.17) is 9.15 Å². The lowest BCUT2D eigenvalue weighted by Crippen LogP contribution is -2.48. The van der Waals surface area contributed by atoms with Crippen molar-refractivity contribution in [1.82, 2.24) is 14.8 Å². The van der Waals surface area contributed by atoms with Crippen LogP contribution >= 0.6 is 0 Å². The minimum absolute atomic E-state index is 0.0150. The Hall–Kier alpha value is -2.38. The highest BCUT2D eigenvalue weighted by atomic mass is 16.5. The predicted octanol–water partition coefficient (Wildman–Crippen LogP) is 1.58. The topological polar surface area (TPSA) is 76.7 Å². The second-order valence-electron chi connectivity index (χ2n) is 7.29. The number of carbonyl (C=O) groups is 1. The van der Waals surface area contributed by atoms with Gasteiger partial charge in [0.25, 0.3) is 11.5 Å². The summed E-state index contributed by atoms with van der Waals surface area (Å²) in [6.07, 6.45) is 1.67. The largest absolute Gasteiger partial charge is 0.454 e. The smallest absolute Gasteiger partial charge is 0.287 e. The third kappa shape index (κ3) is 5.55. The number of morpholine rings is 1. The monoisotopic (exact) mass is 373 g/mol.